The van der Waals surface area contributed by atoms with Crippen molar-refractivity contribution in [3.8, 4) is 5.69 Å². The van der Waals surface area contributed by atoms with Gasteiger partial charge in [0.1, 0.15) is 0 Å². The van der Waals surface area contributed by atoms with Gasteiger partial charge < -0.3 is 10.2 Å². The highest BCUT2D eigenvalue weighted by Crippen LogP contribution is 2.29. The molecule has 0 saturated carbocycles. The molecule has 0 radical (unpaired) electrons. The van der Waals surface area contributed by atoms with Gasteiger partial charge in [-0.05, 0) is 59.5 Å². The van der Waals surface area contributed by atoms with Crippen molar-refractivity contribution in [2.45, 2.75) is 32.0 Å². The van der Waals surface area contributed by atoms with Crippen LogP contribution in [0.3, 0.4) is 0 Å². The molecule has 3 aromatic rings. The number of hydrogen-bond donors (Lipinski definition) is 1. The average molecular weight is 571 g/mol. The van der Waals surface area contributed by atoms with Crippen LogP contribution in [0.25, 0.3) is 5.69 Å². The molecule has 1 saturated heterocycles. The van der Waals surface area contributed by atoms with Crippen LogP contribution in [0.1, 0.15) is 35.7 Å². The second-order valence-corrected chi connectivity index (χ2v) is 9.09. The van der Waals surface area contributed by atoms with E-state index in [1.807, 2.05) is 23.1 Å². The van der Waals surface area contributed by atoms with E-state index < -0.39 is 11.7 Å². The number of rotatable bonds is 5. The van der Waals surface area contributed by atoms with E-state index in [1.54, 1.807) is 12.4 Å². The Balaban J connectivity index is 1.55. The van der Waals surface area contributed by atoms with Crippen LogP contribution in [0, 0.1) is 9.49 Å². The lowest BCUT2D eigenvalue weighted by Crippen LogP contribution is -2.51. The summed E-state index contributed by atoms with van der Waals surface area (Å²) in [5.74, 6) is 0.120. The highest BCUT2D eigenvalue weighted by molar-refractivity contribution is 14.1. The van der Waals surface area contributed by atoms with Crippen LogP contribution in [0.2, 0.25) is 0 Å². The average Bonchev–Trinajstić information content (AvgIpc) is 3.32. The molecular formula is C21H21F3IN7O. The molecule has 1 aromatic carbocycles. The van der Waals surface area contributed by atoms with Crippen LogP contribution in [0.5, 0.6) is 0 Å². The minimum Gasteiger partial charge on any atom is -0.352 e. The molecule has 12 heteroatoms. The highest BCUT2D eigenvalue weighted by atomic mass is 127. The van der Waals surface area contributed by atoms with Crippen LogP contribution < -0.4 is 5.32 Å². The standard InChI is InChI=1S/C21H21F3IN7O/c1-13-3-2-8-31(18(13)12-28-20-26-10-14(11-27-20)21(22,23)24)19(33)16-9-15(25)4-5-17(16)32-29-6-7-30-32/h4-7,9-11,13,18H,2-3,8,12H2,1H3,(H,26,27,28)/t13-,18-/m1/s1. The molecule has 8 nitrogen and oxygen atoms in total. The first-order valence-corrected chi connectivity index (χ1v) is 11.4. The summed E-state index contributed by atoms with van der Waals surface area (Å²) >= 11 is 2.16. The fourth-order valence-corrected chi connectivity index (χ4v) is 4.41. The van der Waals surface area contributed by atoms with E-state index in [4.69, 9.17) is 0 Å². The van der Waals surface area contributed by atoms with Crippen molar-refractivity contribution >= 4 is 34.4 Å². The topological polar surface area (TPSA) is 88.8 Å². The molecule has 2 aromatic heterocycles. The Labute approximate surface area is 201 Å². The zero-order chi connectivity index (χ0) is 23.6. The first kappa shape index (κ1) is 23.4. The van der Waals surface area contributed by atoms with Gasteiger partial charge in [-0.3, -0.25) is 4.79 Å². The molecule has 1 N–H and O–H groups in total. The van der Waals surface area contributed by atoms with E-state index in [0.29, 0.717) is 24.3 Å². The summed E-state index contributed by atoms with van der Waals surface area (Å²) in [6.45, 7) is 2.95. The van der Waals surface area contributed by atoms with Gasteiger partial charge in [-0.1, -0.05) is 6.92 Å². The first-order valence-electron chi connectivity index (χ1n) is 10.3. The Morgan fingerprint density at radius 1 is 1.21 bits per heavy atom. The van der Waals surface area contributed by atoms with Crippen molar-refractivity contribution in [1.29, 1.82) is 0 Å². The molecule has 33 heavy (non-hydrogen) atoms. The molecule has 4 rings (SSSR count). The van der Waals surface area contributed by atoms with Crippen LogP contribution in [0.15, 0.2) is 43.0 Å². The molecule has 1 aliphatic rings. The summed E-state index contributed by atoms with van der Waals surface area (Å²) < 4.78 is 39.2. The molecule has 0 aliphatic carbocycles. The summed E-state index contributed by atoms with van der Waals surface area (Å²) in [7, 11) is 0. The van der Waals surface area contributed by atoms with E-state index in [0.717, 1.165) is 28.8 Å². The molecule has 0 spiro atoms. The maximum Gasteiger partial charge on any atom is 0.419 e. The lowest BCUT2D eigenvalue weighted by molar-refractivity contribution is -0.138. The third-order valence-corrected chi connectivity index (χ3v) is 6.32. The minimum absolute atomic E-state index is 0.0869. The van der Waals surface area contributed by atoms with Crippen molar-refractivity contribution in [3.05, 3.63) is 57.7 Å². The second-order valence-electron chi connectivity index (χ2n) is 7.84. The fourth-order valence-electron chi connectivity index (χ4n) is 3.92. The monoisotopic (exact) mass is 571 g/mol. The van der Waals surface area contributed by atoms with E-state index in [-0.39, 0.29) is 23.8 Å². The number of likely N-dealkylation sites (tertiary alicyclic amines) is 1. The molecule has 1 amide bonds. The number of nitrogens with zero attached hydrogens (tertiary/aromatic N) is 6. The number of alkyl halides is 3. The van der Waals surface area contributed by atoms with E-state index in [2.05, 4.69) is 55.0 Å². The Kier molecular flexibility index (Phi) is 6.81. The van der Waals surface area contributed by atoms with Gasteiger partial charge in [-0.25, -0.2) is 9.97 Å². The molecule has 0 bridgehead atoms. The number of nitrogens with one attached hydrogen (secondary N) is 1. The normalized spacial score (nSPS) is 18.9. The van der Waals surface area contributed by atoms with Gasteiger partial charge in [0.25, 0.3) is 5.91 Å². The molecule has 1 aliphatic heterocycles. The summed E-state index contributed by atoms with van der Waals surface area (Å²) in [6, 6.07) is 5.32. The lowest BCUT2D eigenvalue weighted by Gasteiger charge is -2.40. The van der Waals surface area contributed by atoms with Gasteiger partial charge in [-0.15, -0.1) is 0 Å². The highest BCUT2D eigenvalue weighted by Gasteiger charge is 2.34. The third-order valence-electron chi connectivity index (χ3n) is 5.65. The summed E-state index contributed by atoms with van der Waals surface area (Å²) in [6.07, 6.45) is 1.89. The van der Waals surface area contributed by atoms with Gasteiger partial charge >= 0.3 is 6.18 Å². The molecule has 3 heterocycles. The summed E-state index contributed by atoms with van der Waals surface area (Å²) in [4.78, 5) is 24.4. The molecule has 0 unspecified atom stereocenters. The smallest absolute Gasteiger partial charge is 0.352 e. The molecular weight excluding hydrogens is 550 g/mol. The fraction of sp³-hybridized carbons (Fsp3) is 0.381. The summed E-state index contributed by atoms with van der Waals surface area (Å²) in [5.41, 5.74) is 0.165. The largest absolute Gasteiger partial charge is 0.419 e. The second kappa shape index (κ2) is 9.61. The van der Waals surface area contributed by atoms with Crippen LogP contribution in [-0.2, 0) is 6.18 Å². The number of halogens is 4. The molecule has 174 valence electrons. The number of amides is 1. The van der Waals surface area contributed by atoms with Crippen molar-refractivity contribution in [3.63, 3.8) is 0 Å². The number of carbonyl (C=O) groups excluding carboxylic acids is 1. The summed E-state index contributed by atoms with van der Waals surface area (Å²) in [5, 5.41) is 11.3. The predicted octanol–water partition coefficient (Wildman–Crippen LogP) is 4.03. The number of piperidine rings is 1. The Morgan fingerprint density at radius 2 is 1.91 bits per heavy atom. The van der Waals surface area contributed by atoms with Crippen LogP contribution in [-0.4, -0.2) is 54.9 Å². The van der Waals surface area contributed by atoms with E-state index in [1.165, 1.54) is 4.80 Å². The van der Waals surface area contributed by atoms with Crippen molar-refractivity contribution in [1.82, 2.24) is 29.9 Å². The minimum atomic E-state index is -4.49. The van der Waals surface area contributed by atoms with E-state index >= 15 is 0 Å². The number of carbonyl (C=O) groups is 1. The Bertz CT molecular complexity index is 1110. The maximum absolute atomic E-state index is 13.7. The number of benzene rings is 1. The van der Waals surface area contributed by atoms with Gasteiger partial charge in [0.15, 0.2) is 0 Å². The van der Waals surface area contributed by atoms with E-state index in [9.17, 15) is 18.0 Å². The van der Waals surface area contributed by atoms with Gasteiger partial charge in [0.05, 0.1) is 35.2 Å². The Morgan fingerprint density at radius 3 is 2.58 bits per heavy atom. The third kappa shape index (κ3) is 5.25. The van der Waals surface area contributed by atoms with Crippen LogP contribution in [0.4, 0.5) is 19.1 Å². The first-order chi connectivity index (χ1) is 15.7. The van der Waals surface area contributed by atoms with Crippen molar-refractivity contribution < 1.29 is 18.0 Å². The maximum atomic E-state index is 13.7. The predicted molar refractivity (Wildman–Crippen MR) is 123 cm³/mol. The lowest BCUT2D eigenvalue weighted by atomic mass is 9.90. The SMILES string of the molecule is C[C@@H]1CCCN(C(=O)c2cc(I)ccc2-n2nccn2)[C@@H]1CNc1ncc(C(F)(F)F)cn1. The molecule has 1 fully saturated rings. The van der Waals surface area contributed by atoms with Gasteiger partial charge in [0, 0.05) is 29.1 Å². The van der Waals surface area contributed by atoms with Gasteiger partial charge in [-0.2, -0.15) is 28.2 Å². The Hall–Kier alpha value is -2.77. The van der Waals surface area contributed by atoms with Crippen molar-refractivity contribution in [2.24, 2.45) is 5.92 Å². The zero-order valence-corrected chi connectivity index (χ0v) is 19.8. The molecule has 2 atom stereocenters. The van der Waals surface area contributed by atoms with Crippen LogP contribution >= 0.6 is 22.6 Å². The number of anilines is 1. The zero-order valence-electron chi connectivity index (χ0n) is 17.6. The van der Waals surface area contributed by atoms with Gasteiger partial charge in [0.2, 0.25) is 5.95 Å². The number of hydrogen-bond acceptors (Lipinski definition) is 6. The number of aromatic nitrogens is 5. The van der Waals surface area contributed by atoms with Crippen molar-refractivity contribution in [2.75, 3.05) is 18.4 Å². The quantitative estimate of drug-likeness (QED) is 0.466.